The summed E-state index contributed by atoms with van der Waals surface area (Å²) in [5.74, 6) is 0. The Balaban J connectivity index is 3.57. The number of aryl methyl sites for hydroxylation is 2. The predicted octanol–water partition coefficient (Wildman–Crippen LogP) is 2.20. The largest absolute Gasteiger partial charge is 0.295 e. The average molecular weight is 221 g/mol. The smallest absolute Gasteiger partial charge is 0.282 e. The van der Waals surface area contributed by atoms with E-state index in [1.165, 1.54) is 12.1 Å². The standard InChI is InChI=1S/C8H9ClO3S/c1-5-3-7(9)4-6(2)8(5)13(10,11)12/h3-4H,1-2H3,(H,10,11,12). The first-order valence-corrected chi connectivity index (χ1v) is 5.38. The van der Waals surface area contributed by atoms with Gasteiger partial charge in [0.05, 0.1) is 4.90 Å². The van der Waals surface area contributed by atoms with E-state index in [1.54, 1.807) is 13.8 Å². The van der Waals surface area contributed by atoms with Crippen LogP contribution in [0.25, 0.3) is 0 Å². The van der Waals surface area contributed by atoms with Gasteiger partial charge in [0.25, 0.3) is 10.1 Å². The average Bonchev–Trinajstić information content (AvgIpc) is 1.78. The molecular formula is C8H9ClO3S. The van der Waals surface area contributed by atoms with Crippen LogP contribution in [0.2, 0.25) is 5.02 Å². The molecule has 1 rings (SSSR count). The zero-order valence-corrected chi connectivity index (χ0v) is 8.78. The molecule has 13 heavy (non-hydrogen) atoms. The normalized spacial score (nSPS) is 11.7. The summed E-state index contributed by atoms with van der Waals surface area (Å²) in [7, 11) is -4.14. The van der Waals surface area contributed by atoms with Crippen LogP contribution in [0.15, 0.2) is 17.0 Å². The fourth-order valence-electron chi connectivity index (χ4n) is 1.30. The Morgan fingerprint density at radius 2 is 1.62 bits per heavy atom. The van der Waals surface area contributed by atoms with E-state index < -0.39 is 10.1 Å². The molecule has 0 spiro atoms. The molecule has 0 unspecified atom stereocenters. The van der Waals surface area contributed by atoms with E-state index in [4.69, 9.17) is 16.2 Å². The molecule has 3 nitrogen and oxygen atoms in total. The van der Waals surface area contributed by atoms with Crippen molar-refractivity contribution in [2.24, 2.45) is 0 Å². The van der Waals surface area contributed by atoms with Gasteiger partial charge in [-0.1, -0.05) is 11.6 Å². The molecule has 5 heteroatoms. The lowest BCUT2D eigenvalue weighted by atomic mass is 10.2. The molecule has 0 heterocycles. The number of hydrogen-bond donors (Lipinski definition) is 1. The molecule has 0 bridgehead atoms. The molecule has 0 aliphatic heterocycles. The van der Waals surface area contributed by atoms with Gasteiger partial charge < -0.3 is 0 Å². The molecular weight excluding hydrogens is 212 g/mol. The number of rotatable bonds is 1. The van der Waals surface area contributed by atoms with E-state index in [-0.39, 0.29) is 4.90 Å². The summed E-state index contributed by atoms with van der Waals surface area (Å²) in [4.78, 5) is -0.0584. The molecule has 1 aromatic rings. The Hall–Kier alpha value is -0.580. The van der Waals surface area contributed by atoms with Gasteiger partial charge in [0, 0.05) is 5.02 Å². The second kappa shape index (κ2) is 3.29. The molecule has 0 atom stereocenters. The van der Waals surface area contributed by atoms with Gasteiger partial charge in [-0.15, -0.1) is 0 Å². The molecule has 0 saturated carbocycles. The number of benzene rings is 1. The van der Waals surface area contributed by atoms with Gasteiger partial charge in [-0.3, -0.25) is 4.55 Å². The molecule has 0 amide bonds. The van der Waals surface area contributed by atoms with Crippen molar-refractivity contribution in [2.45, 2.75) is 18.7 Å². The van der Waals surface area contributed by atoms with Crippen molar-refractivity contribution >= 4 is 21.7 Å². The Bertz CT molecular complexity index is 414. The summed E-state index contributed by atoms with van der Waals surface area (Å²) in [6.07, 6.45) is 0. The SMILES string of the molecule is Cc1cc(Cl)cc(C)c1S(=O)(=O)O. The lowest BCUT2D eigenvalue weighted by Gasteiger charge is -2.06. The Morgan fingerprint density at radius 3 is 1.92 bits per heavy atom. The first-order valence-electron chi connectivity index (χ1n) is 3.56. The molecule has 0 aliphatic carbocycles. The second-order valence-electron chi connectivity index (χ2n) is 2.84. The highest BCUT2D eigenvalue weighted by Gasteiger charge is 2.16. The molecule has 0 saturated heterocycles. The van der Waals surface area contributed by atoms with Gasteiger partial charge in [0.1, 0.15) is 0 Å². The summed E-state index contributed by atoms with van der Waals surface area (Å²) in [6, 6.07) is 3.00. The van der Waals surface area contributed by atoms with Crippen molar-refractivity contribution < 1.29 is 13.0 Å². The Labute approximate surface area is 82.1 Å². The van der Waals surface area contributed by atoms with Crippen molar-refractivity contribution in [1.82, 2.24) is 0 Å². The van der Waals surface area contributed by atoms with Crippen molar-refractivity contribution in [1.29, 1.82) is 0 Å². The molecule has 1 N–H and O–H groups in total. The summed E-state index contributed by atoms with van der Waals surface area (Å²) in [6.45, 7) is 3.17. The molecule has 0 fully saturated rings. The van der Waals surface area contributed by atoms with E-state index in [2.05, 4.69) is 0 Å². The first kappa shape index (κ1) is 10.5. The fourth-order valence-corrected chi connectivity index (χ4v) is 2.56. The van der Waals surface area contributed by atoms with Crippen molar-refractivity contribution in [2.75, 3.05) is 0 Å². The highest BCUT2D eigenvalue weighted by molar-refractivity contribution is 7.86. The van der Waals surface area contributed by atoms with Crippen LogP contribution in [0.5, 0.6) is 0 Å². The molecule has 72 valence electrons. The van der Waals surface area contributed by atoms with Crippen LogP contribution in [-0.4, -0.2) is 13.0 Å². The minimum absolute atomic E-state index is 0.0584. The van der Waals surface area contributed by atoms with Crippen molar-refractivity contribution in [3.05, 3.63) is 28.3 Å². The maximum atomic E-state index is 10.9. The topological polar surface area (TPSA) is 54.4 Å². The molecule has 1 aromatic carbocycles. The third-order valence-corrected chi connectivity index (χ3v) is 3.06. The molecule has 0 aromatic heterocycles. The predicted molar refractivity (Wildman–Crippen MR) is 50.7 cm³/mol. The van der Waals surface area contributed by atoms with Crippen LogP contribution in [0.1, 0.15) is 11.1 Å². The van der Waals surface area contributed by atoms with Gasteiger partial charge in [-0.25, -0.2) is 0 Å². The molecule has 0 aliphatic rings. The van der Waals surface area contributed by atoms with Crippen LogP contribution in [0.3, 0.4) is 0 Å². The minimum Gasteiger partial charge on any atom is -0.282 e. The van der Waals surface area contributed by atoms with Crippen LogP contribution >= 0.6 is 11.6 Å². The first-order chi connectivity index (χ1) is 5.82. The van der Waals surface area contributed by atoms with E-state index in [0.29, 0.717) is 16.1 Å². The van der Waals surface area contributed by atoms with Crippen LogP contribution < -0.4 is 0 Å². The highest BCUT2D eigenvalue weighted by atomic mass is 35.5. The van der Waals surface area contributed by atoms with E-state index in [0.717, 1.165) is 0 Å². The van der Waals surface area contributed by atoms with Gasteiger partial charge in [-0.05, 0) is 37.1 Å². The monoisotopic (exact) mass is 220 g/mol. The van der Waals surface area contributed by atoms with Crippen LogP contribution in [0, 0.1) is 13.8 Å². The number of hydrogen-bond acceptors (Lipinski definition) is 2. The second-order valence-corrected chi connectivity index (χ2v) is 4.64. The van der Waals surface area contributed by atoms with Crippen LogP contribution in [-0.2, 0) is 10.1 Å². The van der Waals surface area contributed by atoms with E-state index >= 15 is 0 Å². The Morgan fingerprint density at radius 1 is 1.23 bits per heavy atom. The van der Waals surface area contributed by atoms with E-state index in [9.17, 15) is 8.42 Å². The lowest BCUT2D eigenvalue weighted by Crippen LogP contribution is -2.03. The summed E-state index contributed by atoms with van der Waals surface area (Å²) in [5, 5.41) is 0.461. The quantitative estimate of drug-likeness (QED) is 0.739. The van der Waals surface area contributed by atoms with Gasteiger partial charge >= 0.3 is 0 Å². The van der Waals surface area contributed by atoms with Gasteiger partial charge in [-0.2, -0.15) is 8.42 Å². The van der Waals surface area contributed by atoms with Gasteiger partial charge in [0.2, 0.25) is 0 Å². The Kier molecular flexibility index (Phi) is 2.66. The maximum Gasteiger partial charge on any atom is 0.295 e. The fraction of sp³-hybridized carbons (Fsp3) is 0.250. The third kappa shape index (κ3) is 2.21. The van der Waals surface area contributed by atoms with Crippen LogP contribution in [0.4, 0.5) is 0 Å². The van der Waals surface area contributed by atoms with E-state index in [1.807, 2.05) is 0 Å². The lowest BCUT2D eigenvalue weighted by molar-refractivity contribution is 0.482. The summed E-state index contributed by atoms with van der Waals surface area (Å²) < 4.78 is 30.7. The maximum absolute atomic E-state index is 10.9. The zero-order chi connectivity index (χ0) is 10.2. The van der Waals surface area contributed by atoms with Gasteiger partial charge in [0.15, 0.2) is 0 Å². The zero-order valence-electron chi connectivity index (χ0n) is 7.20. The number of halogens is 1. The van der Waals surface area contributed by atoms with Crippen molar-refractivity contribution in [3.8, 4) is 0 Å². The van der Waals surface area contributed by atoms with Crippen molar-refractivity contribution in [3.63, 3.8) is 0 Å². The summed E-state index contributed by atoms with van der Waals surface area (Å²) >= 11 is 5.70. The third-order valence-electron chi connectivity index (χ3n) is 1.68. The summed E-state index contributed by atoms with van der Waals surface area (Å²) in [5.41, 5.74) is 0.903. The molecule has 0 radical (unpaired) electrons. The minimum atomic E-state index is -4.14. The highest BCUT2D eigenvalue weighted by Crippen LogP contribution is 2.23.